The van der Waals surface area contributed by atoms with Crippen LogP contribution in [0.4, 0.5) is 15.0 Å². The molecule has 8 rings (SSSR count). The van der Waals surface area contributed by atoms with Crippen LogP contribution in [0.3, 0.4) is 0 Å². The first-order valence-electron chi connectivity index (χ1n) is 44.7. The molecule has 0 radical (unpaired) electrons. The Balaban J connectivity index is 0.632. The third-order valence-corrected chi connectivity index (χ3v) is 25.1. The second-order valence-corrected chi connectivity index (χ2v) is 35.0. The number of fused-ring (bicyclic) bond motifs is 4. The fraction of sp³-hybridized carbons (Fsp3) is 0.656. The second kappa shape index (κ2) is 55.3. The molecule has 1 aliphatic carbocycles. The van der Waals surface area contributed by atoms with E-state index in [1.54, 1.807) is 58.2 Å². The summed E-state index contributed by atoms with van der Waals surface area (Å²) in [6, 6.07) is 10.2. The van der Waals surface area contributed by atoms with Gasteiger partial charge in [0.2, 0.25) is 11.7 Å². The first-order chi connectivity index (χ1) is 61.1. The zero-order valence-electron chi connectivity index (χ0n) is 75.4. The van der Waals surface area contributed by atoms with Crippen LogP contribution in [0.1, 0.15) is 153 Å². The van der Waals surface area contributed by atoms with E-state index in [0.717, 1.165) is 22.3 Å². The van der Waals surface area contributed by atoms with Crippen molar-refractivity contribution in [3.63, 3.8) is 0 Å². The number of nitrogens with two attached hydrogens (primary N) is 2. The number of pyridine rings is 1. The zero-order chi connectivity index (χ0) is 91.8. The summed E-state index contributed by atoms with van der Waals surface area (Å²) in [6.07, 6.45) is 11.6. The molecule has 127 heavy (non-hydrogen) atoms. The highest BCUT2D eigenvalue weighted by Gasteiger charge is 2.53. The molecule has 0 spiro atoms. The molecule has 2 saturated heterocycles. The number of nitrogen functional groups attached to an aromatic ring is 1. The molecule has 5 heterocycles. The van der Waals surface area contributed by atoms with Crippen molar-refractivity contribution in [1.82, 2.24) is 25.4 Å². The number of nitrogens with one attached hydrogen (secondary N) is 2. The van der Waals surface area contributed by atoms with Crippen molar-refractivity contribution in [2.24, 2.45) is 35.3 Å². The van der Waals surface area contributed by atoms with Gasteiger partial charge in [0.05, 0.1) is 146 Å². The lowest BCUT2D eigenvalue weighted by Gasteiger charge is -2.42. The number of cyclic esters (lactones) is 1. The highest BCUT2D eigenvalue weighted by atomic mass is 32.2. The maximum atomic E-state index is 15.7. The second-order valence-electron chi connectivity index (χ2n) is 33.4. The number of ketones is 2. The number of esters is 1. The number of methoxy groups -OCH3 is 2. The Morgan fingerprint density at radius 1 is 0.685 bits per heavy atom. The van der Waals surface area contributed by atoms with Gasteiger partial charge in [-0.1, -0.05) is 70.2 Å². The number of Topliss-reactive ketones (excluding diaryl/α,β-unsaturated/α-hetero) is 2. The van der Waals surface area contributed by atoms with Crippen molar-refractivity contribution in [3.8, 4) is 16.9 Å². The van der Waals surface area contributed by atoms with Crippen molar-refractivity contribution >= 4 is 58.0 Å². The minimum absolute atomic E-state index is 0.0297. The molecule has 9 N–H and O–H groups in total. The van der Waals surface area contributed by atoms with Gasteiger partial charge < -0.3 is 114 Å². The Labute approximate surface area is 749 Å². The zero-order valence-corrected chi connectivity index (χ0v) is 76.3. The van der Waals surface area contributed by atoms with Crippen molar-refractivity contribution in [3.05, 3.63) is 119 Å². The van der Waals surface area contributed by atoms with Crippen molar-refractivity contribution in [1.29, 1.82) is 0 Å². The lowest BCUT2D eigenvalue weighted by Crippen LogP contribution is -2.61. The molecule has 34 heteroatoms. The summed E-state index contributed by atoms with van der Waals surface area (Å²) in [4.78, 5) is 103. The Morgan fingerprint density at radius 3 is 1.98 bits per heavy atom. The average Bonchev–Trinajstić information content (AvgIpc) is 0.828. The maximum absolute atomic E-state index is 15.7. The molecule has 1 aromatic heterocycles. The van der Waals surface area contributed by atoms with E-state index in [2.05, 4.69) is 15.6 Å². The van der Waals surface area contributed by atoms with E-state index < -0.39 is 119 Å². The smallest absolute Gasteiger partial charge is 0.407 e. The lowest BCUT2D eigenvalue weighted by molar-refractivity contribution is -0.265. The number of nitrogens with zero attached hydrogens (tertiary/aromatic N) is 3. The van der Waals surface area contributed by atoms with Crippen LogP contribution in [0.15, 0.2) is 101 Å². The number of piperidine rings is 1. The van der Waals surface area contributed by atoms with Gasteiger partial charge in [0.15, 0.2) is 5.78 Å². The maximum Gasteiger partial charge on any atom is 0.407 e. The number of halogens is 1. The van der Waals surface area contributed by atoms with Crippen molar-refractivity contribution in [2.45, 2.75) is 210 Å². The Morgan fingerprint density at radius 2 is 1.34 bits per heavy atom. The summed E-state index contributed by atoms with van der Waals surface area (Å²) in [5.41, 5.74) is 16.9. The van der Waals surface area contributed by atoms with E-state index in [1.165, 1.54) is 24.0 Å². The largest absolute Gasteiger partial charge is 0.491 e. The summed E-state index contributed by atoms with van der Waals surface area (Å²) >= 11 is 0. The number of alkyl carbamates (subject to hydrolysis) is 1. The number of rotatable bonds is 39. The van der Waals surface area contributed by atoms with Crippen LogP contribution in [0, 0.1) is 42.3 Å². The number of carbonyl (C=O) groups is 7. The van der Waals surface area contributed by atoms with Gasteiger partial charge in [0.25, 0.3) is 17.6 Å². The summed E-state index contributed by atoms with van der Waals surface area (Å²) in [7, 11) is 1.32. The number of allylic oxidation sites excluding steroid dienone is 6. The van der Waals surface area contributed by atoms with E-state index in [-0.39, 0.29) is 143 Å². The molecule has 4 aliphatic heterocycles. The number of hydrogen-bond donors (Lipinski definition) is 7. The van der Waals surface area contributed by atoms with E-state index >= 15 is 4.39 Å². The third kappa shape index (κ3) is 33.8. The number of hydrogen-bond acceptors (Lipinski definition) is 28. The number of benzene rings is 2. The fourth-order valence-electron chi connectivity index (χ4n) is 16.2. The summed E-state index contributed by atoms with van der Waals surface area (Å²) < 4.78 is 110. The molecule has 1 saturated carbocycles. The minimum atomic E-state index is -2.47. The Hall–Kier alpha value is -7.88. The van der Waals surface area contributed by atoms with Crippen LogP contribution in [0.5, 0.6) is 5.75 Å². The molecule has 32 nitrogen and oxygen atoms in total. The molecule has 2 aromatic carbocycles. The van der Waals surface area contributed by atoms with E-state index in [0.29, 0.717) is 161 Å². The number of aromatic nitrogens is 1. The molecule has 2 bridgehead atoms. The normalized spacial score (nSPS) is 26.4. The van der Waals surface area contributed by atoms with Crippen LogP contribution in [-0.4, -0.2) is 295 Å². The van der Waals surface area contributed by atoms with Crippen LogP contribution < -0.4 is 26.8 Å². The highest BCUT2D eigenvalue weighted by molar-refractivity contribution is 7.85. The molecule has 3 aromatic rings. The molecular weight excluding hydrogens is 1670 g/mol. The number of amides is 4. The number of anilines is 1. The van der Waals surface area contributed by atoms with Crippen LogP contribution >= 0.6 is 0 Å². The Kier molecular flexibility index (Phi) is 45.5. The summed E-state index contributed by atoms with van der Waals surface area (Å²) in [5, 5.41) is 40.1. The topological polar surface area (TPSA) is 422 Å². The van der Waals surface area contributed by atoms with Gasteiger partial charge >= 0.3 is 12.1 Å². The van der Waals surface area contributed by atoms with E-state index in [9.17, 15) is 53.1 Å². The monoisotopic (exact) mass is 1800 g/mol. The van der Waals surface area contributed by atoms with Crippen LogP contribution in [-0.2, 0) is 103 Å². The van der Waals surface area contributed by atoms with E-state index in [1.807, 2.05) is 75.4 Å². The number of aliphatic hydroxyl groups excluding tert-OH is 2. The summed E-state index contributed by atoms with van der Waals surface area (Å²) in [6.45, 7) is 18.6. The minimum Gasteiger partial charge on any atom is -0.491 e. The highest BCUT2D eigenvalue weighted by Crippen LogP contribution is 2.39. The Bertz CT molecular complexity index is 4100. The predicted octanol–water partition coefficient (Wildman–Crippen LogP) is 8.35. The molecule has 1 unspecified atom stereocenters. The van der Waals surface area contributed by atoms with Crippen molar-refractivity contribution in [2.75, 3.05) is 164 Å². The first-order valence-corrected chi connectivity index (χ1v) is 46.1. The van der Waals surface area contributed by atoms with Gasteiger partial charge in [-0.05, 0) is 174 Å². The summed E-state index contributed by atoms with van der Waals surface area (Å²) in [5.74, 6) is -7.94. The van der Waals surface area contributed by atoms with Gasteiger partial charge in [-0.3, -0.25) is 28.2 Å². The first kappa shape index (κ1) is 104. The fourth-order valence-corrected chi connectivity index (χ4v) is 17.3. The van der Waals surface area contributed by atoms with Crippen molar-refractivity contribution < 1.29 is 124 Å². The average molecular weight is 1810 g/mol. The molecule has 16 atom stereocenters. The third-order valence-electron chi connectivity index (χ3n) is 23.7. The number of ether oxygens (including phenoxy) is 14. The number of carbonyl (C=O) groups excluding carboxylic acids is 7. The molecule has 708 valence electrons. The van der Waals surface area contributed by atoms with E-state index in [4.69, 9.17) is 77.8 Å². The van der Waals surface area contributed by atoms with Gasteiger partial charge in [-0.15, -0.1) is 0 Å². The SMILES string of the molecule is CO[C@H]1C[C@@H]2CC[C@@H](C)[C@@](O)(O2)C(=O)C(=O)N2CCCC[C@H]2C(=O)O[C@H]([C@H](N)C[C@@H]2CC[C@@H](OC(=O)NCCOCCOCCOCCOCCOCCOCCOCCOCCC(=O)NCCS(=O)c3ccc(C(=O)N4CCOc5ccc(-c6ccc(N)nc6)cc5C4)c(C)c3F)[C@H](OC)C2)CC[C@H](C)/C=C(\C)[C@@H](O)[C@@H](O)C(=O)[C@H](C)C[C@H](C)/C=C/C=CC=C1C. The number of aliphatic hydroxyl groups is 3. The quantitative estimate of drug-likeness (QED) is 0.0122. The molecular formula is C93H138FN7O25S. The standard InChI is InChI=1S/C93H138FN7O25S/c1-61-15-11-10-12-16-63(3)79(113-8)58-72-23-19-66(6)93(111,126-72)88(106)90(108)101-33-14-13-17-75(101)91(109)124-77(25-18-62(2)54-65(5)86(104)87(105)85(103)64(4)53-61)74(95)55-68-20-26-78(80(56-68)114-9)125-92(110)98-31-36-116-39-41-118-43-45-120-47-49-122-51-50-121-48-46-119-44-42-117-40-38-115-35-30-83(102)97-32-52-127(112)81-28-24-73(67(7)84(81)94)89(107)100-34-37-123-76-27-21-69(57-71(76)60-100)70-22-29-82(96)99-59-70/h10-12,15-16,21-22,24,27-29,54,57,59,61-62,64,66,68,72,74-75,77-80,86-87,104-105,111H,13-14,17-20,23,25-26,30-53,55-56,58,60,95H2,1-9H3,(H2,96,99)(H,97,102)(H,98,110)/b12-10?,15-11+,63-16?,65-54+/t61-,62+,64-,66-,68+,72+,74-,75+,77+,78-,79+,80-,86-,87+,93-,127?/m1/s1. The lowest BCUT2D eigenvalue weighted by atomic mass is 9.80. The predicted molar refractivity (Wildman–Crippen MR) is 472 cm³/mol. The van der Waals surface area contributed by atoms with Crippen LogP contribution in [0.25, 0.3) is 11.1 Å². The van der Waals surface area contributed by atoms with Gasteiger partial charge in [-0.2, -0.15) is 0 Å². The molecule has 3 fully saturated rings. The van der Waals surface area contributed by atoms with Gasteiger partial charge in [-0.25, -0.2) is 19.0 Å². The van der Waals surface area contributed by atoms with Gasteiger partial charge in [0, 0.05) is 99.8 Å². The molecule has 5 aliphatic rings. The molecule has 4 amide bonds. The van der Waals surface area contributed by atoms with Gasteiger partial charge in [0.1, 0.15) is 54.4 Å². The van der Waals surface area contributed by atoms with Crippen LogP contribution in [0.2, 0.25) is 0 Å².